The summed E-state index contributed by atoms with van der Waals surface area (Å²) in [5, 5.41) is 9.21. The summed E-state index contributed by atoms with van der Waals surface area (Å²) in [6.07, 6.45) is 7.63. The summed E-state index contributed by atoms with van der Waals surface area (Å²) in [5.41, 5.74) is 1.90. The highest BCUT2D eigenvalue weighted by molar-refractivity contribution is 7.13. The van der Waals surface area contributed by atoms with E-state index in [0.717, 1.165) is 56.8 Å². The fraction of sp³-hybridized carbons (Fsp3) is 0.600. The minimum Gasteiger partial charge on any atom is -0.379 e. The number of aromatic nitrogens is 4. The van der Waals surface area contributed by atoms with Crippen molar-refractivity contribution in [2.75, 3.05) is 49.2 Å². The maximum atomic E-state index is 5.95. The van der Waals surface area contributed by atoms with Gasteiger partial charge in [-0.2, -0.15) is 0 Å². The molecule has 0 amide bonds. The van der Waals surface area contributed by atoms with Gasteiger partial charge in [-0.15, -0.1) is 10.2 Å². The van der Waals surface area contributed by atoms with Crippen molar-refractivity contribution in [2.24, 2.45) is 5.41 Å². The SMILES string of the molecule is c1cnc(N2CCC[C@@]3(COCCN(c4nncs4)C3)C2)cn1. The van der Waals surface area contributed by atoms with Crippen molar-refractivity contribution in [1.29, 1.82) is 0 Å². The first kappa shape index (κ1) is 14.8. The molecule has 2 aliphatic heterocycles. The van der Waals surface area contributed by atoms with Crippen LogP contribution in [0.2, 0.25) is 0 Å². The maximum absolute atomic E-state index is 5.95. The van der Waals surface area contributed by atoms with Crippen molar-refractivity contribution >= 4 is 22.3 Å². The van der Waals surface area contributed by atoms with Crippen LogP contribution in [0.3, 0.4) is 0 Å². The van der Waals surface area contributed by atoms with E-state index in [1.807, 2.05) is 6.20 Å². The Bertz CT molecular complexity index is 624. The quantitative estimate of drug-likeness (QED) is 0.824. The molecule has 8 heteroatoms. The largest absolute Gasteiger partial charge is 0.379 e. The molecule has 0 radical (unpaired) electrons. The minimum atomic E-state index is 0.109. The molecule has 2 aromatic heterocycles. The Morgan fingerprint density at radius 3 is 2.96 bits per heavy atom. The molecule has 0 aromatic carbocycles. The number of ether oxygens (including phenoxy) is 1. The third-order valence-electron chi connectivity index (χ3n) is 4.59. The van der Waals surface area contributed by atoms with Crippen LogP contribution >= 0.6 is 11.3 Å². The van der Waals surface area contributed by atoms with Gasteiger partial charge in [-0.1, -0.05) is 11.3 Å². The molecule has 0 unspecified atom stereocenters. The summed E-state index contributed by atoms with van der Waals surface area (Å²) in [6.45, 7) is 5.34. The Morgan fingerprint density at radius 2 is 2.13 bits per heavy atom. The van der Waals surface area contributed by atoms with Gasteiger partial charge in [0.1, 0.15) is 11.3 Å². The van der Waals surface area contributed by atoms with E-state index in [-0.39, 0.29) is 5.41 Å². The van der Waals surface area contributed by atoms with Gasteiger partial charge >= 0.3 is 0 Å². The molecule has 23 heavy (non-hydrogen) atoms. The van der Waals surface area contributed by atoms with E-state index in [1.54, 1.807) is 29.2 Å². The normalized spacial score (nSPS) is 25.6. The average Bonchev–Trinajstić information content (AvgIpc) is 3.06. The molecule has 0 N–H and O–H groups in total. The van der Waals surface area contributed by atoms with Gasteiger partial charge in [-0.05, 0) is 12.8 Å². The van der Waals surface area contributed by atoms with Gasteiger partial charge in [0, 0.05) is 44.0 Å². The van der Waals surface area contributed by atoms with Crippen molar-refractivity contribution < 1.29 is 4.74 Å². The molecule has 2 aliphatic rings. The first-order valence-electron chi connectivity index (χ1n) is 7.95. The van der Waals surface area contributed by atoms with Gasteiger partial charge in [0.25, 0.3) is 0 Å². The Hall–Kier alpha value is -1.80. The third-order valence-corrected chi connectivity index (χ3v) is 5.34. The first-order chi connectivity index (χ1) is 11.3. The second kappa shape index (κ2) is 6.37. The second-order valence-corrected chi connectivity index (χ2v) is 7.10. The average molecular weight is 332 g/mol. The second-order valence-electron chi connectivity index (χ2n) is 6.28. The Morgan fingerprint density at radius 1 is 1.17 bits per heavy atom. The van der Waals surface area contributed by atoms with E-state index >= 15 is 0 Å². The zero-order chi connectivity index (χ0) is 15.5. The molecule has 4 rings (SSSR count). The van der Waals surface area contributed by atoms with E-state index in [2.05, 4.69) is 30.0 Å². The van der Waals surface area contributed by atoms with Crippen LogP contribution in [0.25, 0.3) is 0 Å². The topological polar surface area (TPSA) is 67.3 Å². The highest BCUT2D eigenvalue weighted by Gasteiger charge is 2.40. The zero-order valence-corrected chi connectivity index (χ0v) is 13.8. The van der Waals surface area contributed by atoms with E-state index in [9.17, 15) is 0 Å². The van der Waals surface area contributed by atoms with Crippen molar-refractivity contribution in [3.8, 4) is 0 Å². The number of nitrogens with zero attached hydrogens (tertiary/aromatic N) is 6. The van der Waals surface area contributed by atoms with Gasteiger partial charge in [-0.3, -0.25) is 4.98 Å². The molecular formula is C15H20N6OS. The van der Waals surface area contributed by atoms with Crippen LogP contribution in [-0.2, 0) is 4.74 Å². The molecular weight excluding hydrogens is 312 g/mol. The van der Waals surface area contributed by atoms with E-state index in [0.29, 0.717) is 0 Å². The number of hydrogen-bond donors (Lipinski definition) is 0. The van der Waals surface area contributed by atoms with Crippen LogP contribution in [0.1, 0.15) is 12.8 Å². The van der Waals surface area contributed by atoms with Crippen LogP contribution in [0.5, 0.6) is 0 Å². The zero-order valence-electron chi connectivity index (χ0n) is 13.0. The van der Waals surface area contributed by atoms with Crippen LogP contribution in [0.4, 0.5) is 10.9 Å². The van der Waals surface area contributed by atoms with Gasteiger partial charge < -0.3 is 14.5 Å². The predicted octanol–water partition coefficient (Wildman–Crippen LogP) is 1.45. The van der Waals surface area contributed by atoms with Crippen molar-refractivity contribution in [1.82, 2.24) is 20.2 Å². The van der Waals surface area contributed by atoms with Gasteiger partial charge in [-0.25, -0.2) is 4.98 Å². The summed E-state index contributed by atoms with van der Waals surface area (Å²) in [6, 6.07) is 0. The summed E-state index contributed by atoms with van der Waals surface area (Å²) in [5.74, 6) is 0.957. The van der Waals surface area contributed by atoms with Crippen LogP contribution in [0, 0.1) is 5.41 Å². The summed E-state index contributed by atoms with van der Waals surface area (Å²) in [7, 11) is 0. The highest BCUT2D eigenvalue weighted by Crippen LogP contribution is 2.35. The molecule has 2 saturated heterocycles. The number of piperidine rings is 1. The fourth-order valence-corrected chi connectivity index (χ4v) is 4.15. The lowest BCUT2D eigenvalue weighted by atomic mass is 9.80. The lowest BCUT2D eigenvalue weighted by Crippen LogP contribution is -2.51. The Kier molecular flexibility index (Phi) is 4.09. The number of rotatable bonds is 2. The molecule has 0 saturated carbocycles. The molecule has 1 atom stereocenters. The van der Waals surface area contributed by atoms with Crippen LogP contribution < -0.4 is 9.80 Å². The smallest absolute Gasteiger partial charge is 0.208 e. The van der Waals surface area contributed by atoms with Crippen molar-refractivity contribution in [2.45, 2.75) is 12.8 Å². The molecule has 122 valence electrons. The summed E-state index contributed by atoms with van der Waals surface area (Å²) in [4.78, 5) is 13.3. The van der Waals surface area contributed by atoms with E-state index < -0.39 is 0 Å². The molecule has 0 bridgehead atoms. The number of hydrogen-bond acceptors (Lipinski definition) is 8. The lowest BCUT2D eigenvalue weighted by molar-refractivity contribution is 0.0597. The molecule has 0 aliphatic carbocycles. The monoisotopic (exact) mass is 332 g/mol. The lowest BCUT2D eigenvalue weighted by Gasteiger charge is -2.43. The standard InChI is InChI=1S/C15H20N6OS/c1-2-15(9-20(5-1)13-8-16-3-4-17-13)10-21(6-7-22-11-15)14-19-18-12-23-14/h3-4,8,12H,1-2,5-7,9-11H2/t15-/m1/s1. The molecule has 2 fully saturated rings. The van der Waals surface area contributed by atoms with Gasteiger partial charge in [0.05, 0.1) is 19.4 Å². The maximum Gasteiger partial charge on any atom is 0.208 e. The highest BCUT2D eigenvalue weighted by atomic mass is 32.1. The summed E-state index contributed by atoms with van der Waals surface area (Å²) >= 11 is 1.60. The molecule has 4 heterocycles. The minimum absolute atomic E-state index is 0.109. The molecule has 1 spiro atoms. The van der Waals surface area contributed by atoms with Crippen LogP contribution in [0.15, 0.2) is 24.1 Å². The van der Waals surface area contributed by atoms with Crippen LogP contribution in [-0.4, -0.2) is 59.6 Å². The fourth-order valence-electron chi connectivity index (χ4n) is 3.57. The van der Waals surface area contributed by atoms with Gasteiger partial charge in [0.2, 0.25) is 5.13 Å². The predicted molar refractivity (Wildman–Crippen MR) is 88.9 cm³/mol. The van der Waals surface area contributed by atoms with Crippen molar-refractivity contribution in [3.63, 3.8) is 0 Å². The Balaban J connectivity index is 1.55. The van der Waals surface area contributed by atoms with Gasteiger partial charge in [0.15, 0.2) is 0 Å². The van der Waals surface area contributed by atoms with E-state index in [4.69, 9.17) is 4.74 Å². The summed E-state index contributed by atoms with van der Waals surface area (Å²) < 4.78 is 5.95. The van der Waals surface area contributed by atoms with E-state index in [1.165, 1.54) is 6.42 Å². The molecule has 7 nitrogen and oxygen atoms in total. The molecule has 2 aromatic rings. The third kappa shape index (κ3) is 3.13. The van der Waals surface area contributed by atoms with Crippen molar-refractivity contribution in [3.05, 3.63) is 24.1 Å². The first-order valence-corrected chi connectivity index (χ1v) is 8.83. The number of anilines is 2. The Labute approximate surface area is 139 Å².